The first-order valence-electron chi connectivity index (χ1n) is 4.35. The molecule has 1 aromatic rings. The number of carbonyl (C=O) groups excluding carboxylic acids is 1. The topological polar surface area (TPSA) is 40.9 Å². The molecule has 0 bridgehead atoms. The molecule has 1 rings (SSSR count). The molecule has 1 aromatic carbocycles. The van der Waals surface area contributed by atoms with Gasteiger partial charge in [-0.2, -0.15) is 5.26 Å². The van der Waals surface area contributed by atoms with Gasteiger partial charge in [-0.05, 0) is 24.1 Å². The van der Waals surface area contributed by atoms with E-state index >= 15 is 0 Å². The van der Waals surface area contributed by atoms with Crippen molar-refractivity contribution in [2.75, 3.05) is 0 Å². The maximum atomic E-state index is 11.1. The molecule has 0 atom stereocenters. The van der Waals surface area contributed by atoms with Gasteiger partial charge in [0.1, 0.15) is 5.78 Å². The average Bonchev–Trinajstić information content (AvgIpc) is 2.15. The van der Waals surface area contributed by atoms with E-state index in [1.165, 1.54) is 0 Å². The average molecular weight is 252 g/mol. The van der Waals surface area contributed by atoms with Gasteiger partial charge in [-0.25, -0.2) is 0 Å². The summed E-state index contributed by atoms with van der Waals surface area (Å²) >= 11 is 3.36. The number of Topliss-reactive ketones (excluding diaryl/α,β-unsaturated/α-hetero) is 1. The molecule has 0 saturated heterocycles. The second kappa shape index (κ2) is 5.56. The highest BCUT2D eigenvalue weighted by molar-refractivity contribution is 9.10. The Bertz CT molecular complexity index is 368. The summed E-state index contributed by atoms with van der Waals surface area (Å²) in [6.45, 7) is 0. The SMILES string of the molecule is N#CCC(=O)CCc1cccc(Br)c1. The standard InChI is InChI=1S/C11H10BrNO/c12-10-3-1-2-9(8-10)4-5-11(14)6-7-13/h1-3,8H,4-6H2. The van der Waals surface area contributed by atoms with Crippen LogP contribution in [0.1, 0.15) is 18.4 Å². The van der Waals surface area contributed by atoms with E-state index in [4.69, 9.17) is 5.26 Å². The molecule has 0 spiro atoms. The van der Waals surface area contributed by atoms with Crippen LogP contribution in [0.2, 0.25) is 0 Å². The molecule has 14 heavy (non-hydrogen) atoms. The molecule has 0 radical (unpaired) electrons. The third-order valence-corrected chi connectivity index (χ3v) is 2.35. The number of halogens is 1. The van der Waals surface area contributed by atoms with E-state index in [2.05, 4.69) is 15.9 Å². The van der Waals surface area contributed by atoms with E-state index in [-0.39, 0.29) is 12.2 Å². The highest BCUT2D eigenvalue weighted by Gasteiger charge is 2.01. The fourth-order valence-corrected chi connectivity index (χ4v) is 1.60. The molecule has 0 aliphatic heterocycles. The summed E-state index contributed by atoms with van der Waals surface area (Å²) < 4.78 is 1.02. The molecule has 3 heteroatoms. The lowest BCUT2D eigenvalue weighted by Crippen LogP contribution is -1.98. The summed E-state index contributed by atoms with van der Waals surface area (Å²) in [5.74, 6) is 0.00692. The molecule has 0 fully saturated rings. The first-order valence-corrected chi connectivity index (χ1v) is 5.15. The predicted molar refractivity (Wildman–Crippen MR) is 57.7 cm³/mol. The molecule has 0 unspecified atom stereocenters. The van der Waals surface area contributed by atoms with Gasteiger partial charge in [0, 0.05) is 10.9 Å². The van der Waals surface area contributed by atoms with Crippen LogP contribution in [0.15, 0.2) is 28.7 Å². The van der Waals surface area contributed by atoms with Crippen LogP contribution in [-0.2, 0) is 11.2 Å². The minimum atomic E-state index is 0.00692. The minimum Gasteiger partial charge on any atom is -0.299 e. The lowest BCUT2D eigenvalue weighted by atomic mass is 10.1. The third kappa shape index (κ3) is 3.71. The van der Waals surface area contributed by atoms with Crippen molar-refractivity contribution < 1.29 is 4.79 Å². The monoisotopic (exact) mass is 251 g/mol. The first kappa shape index (κ1) is 10.9. The summed E-state index contributed by atoms with van der Waals surface area (Å²) in [6, 6.07) is 9.70. The quantitative estimate of drug-likeness (QED) is 0.826. The molecule has 0 aromatic heterocycles. The predicted octanol–water partition coefficient (Wildman–Crippen LogP) is 2.86. The largest absolute Gasteiger partial charge is 0.299 e. The second-order valence-electron chi connectivity index (χ2n) is 3.00. The number of benzene rings is 1. The van der Waals surface area contributed by atoms with Gasteiger partial charge in [0.2, 0.25) is 0 Å². The zero-order chi connectivity index (χ0) is 10.4. The van der Waals surface area contributed by atoms with E-state index in [9.17, 15) is 4.79 Å². The summed E-state index contributed by atoms with van der Waals surface area (Å²) in [4.78, 5) is 11.1. The Morgan fingerprint density at radius 2 is 2.29 bits per heavy atom. The van der Waals surface area contributed by atoms with Crippen LogP contribution >= 0.6 is 15.9 Å². The fourth-order valence-electron chi connectivity index (χ4n) is 1.15. The highest BCUT2D eigenvalue weighted by Crippen LogP contribution is 2.13. The summed E-state index contributed by atoms with van der Waals surface area (Å²) in [5, 5.41) is 8.30. The van der Waals surface area contributed by atoms with Crippen molar-refractivity contribution in [3.05, 3.63) is 34.3 Å². The van der Waals surface area contributed by atoms with E-state index in [0.717, 1.165) is 10.0 Å². The maximum Gasteiger partial charge on any atom is 0.147 e. The number of hydrogen-bond donors (Lipinski definition) is 0. The van der Waals surface area contributed by atoms with Gasteiger partial charge < -0.3 is 0 Å². The van der Waals surface area contributed by atoms with Crippen LogP contribution in [0.4, 0.5) is 0 Å². The Morgan fingerprint density at radius 1 is 1.50 bits per heavy atom. The van der Waals surface area contributed by atoms with Gasteiger partial charge in [0.25, 0.3) is 0 Å². The Hall–Kier alpha value is -1.14. The Morgan fingerprint density at radius 3 is 2.93 bits per heavy atom. The molecule has 0 amide bonds. The molecule has 0 saturated carbocycles. The van der Waals surface area contributed by atoms with Crippen molar-refractivity contribution in [2.45, 2.75) is 19.3 Å². The van der Waals surface area contributed by atoms with Crippen LogP contribution in [0, 0.1) is 11.3 Å². The van der Waals surface area contributed by atoms with Crippen LogP contribution < -0.4 is 0 Å². The normalized spacial score (nSPS) is 9.43. The molecule has 0 aliphatic rings. The van der Waals surface area contributed by atoms with Crippen LogP contribution in [0.25, 0.3) is 0 Å². The number of nitriles is 1. The van der Waals surface area contributed by atoms with Crippen molar-refractivity contribution in [1.29, 1.82) is 5.26 Å². The minimum absolute atomic E-state index is 0.00692. The van der Waals surface area contributed by atoms with Gasteiger partial charge >= 0.3 is 0 Å². The molecular formula is C11H10BrNO. The number of hydrogen-bond acceptors (Lipinski definition) is 2. The Labute approximate surface area is 91.7 Å². The van der Waals surface area contributed by atoms with Crippen molar-refractivity contribution >= 4 is 21.7 Å². The van der Waals surface area contributed by atoms with E-state index in [0.29, 0.717) is 12.8 Å². The smallest absolute Gasteiger partial charge is 0.147 e. The van der Waals surface area contributed by atoms with Gasteiger partial charge in [-0.1, -0.05) is 28.1 Å². The van der Waals surface area contributed by atoms with Crippen molar-refractivity contribution in [1.82, 2.24) is 0 Å². The van der Waals surface area contributed by atoms with Crippen LogP contribution in [0.3, 0.4) is 0 Å². The van der Waals surface area contributed by atoms with Gasteiger partial charge in [-0.15, -0.1) is 0 Å². The number of carbonyl (C=O) groups is 1. The van der Waals surface area contributed by atoms with E-state index in [1.54, 1.807) is 0 Å². The lowest BCUT2D eigenvalue weighted by Gasteiger charge is -1.99. The fraction of sp³-hybridized carbons (Fsp3) is 0.273. The second-order valence-corrected chi connectivity index (χ2v) is 3.92. The van der Waals surface area contributed by atoms with Gasteiger partial charge in [-0.3, -0.25) is 4.79 Å². The zero-order valence-electron chi connectivity index (χ0n) is 7.66. The zero-order valence-corrected chi connectivity index (χ0v) is 9.25. The molecular weight excluding hydrogens is 242 g/mol. The number of nitrogens with zero attached hydrogens (tertiary/aromatic N) is 1. The molecule has 0 aliphatic carbocycles. The summed E-state index contributed by atoms with van der Waals surface area (Å²) in [7, 11) is 0. The van der Waals surface area contributed by atoms with E-state index < -0.39 is 0 Å². The number of ketones is 1. The number of rotatable bonds is 4. The van der Waals surface area contributed by atoms with E-state index in [1.807, 2.05) is 30.3 Å². The molecule has 2 nitrogen and oxygen atoms in total. The number of aryl methyl sites for hydroxylation is 1. The van der Waals surface area contributed by atoms with Crippen molar-refractivity contribution in [3.63, 3.8) is 0 Å². The highest BCUT2D eigenvalue weighted by atomic mass is 79.9. The van der Waals surface area contributed by atoms with Crippen LogP contribution in [-0.4, -0.2) is 5.78 Å². The molecule has 72 valence electrons. The van der Waals surface area contributed by atoms with Crippen molar-refractivity contribution in [2.24, 2.45) is 0 Å². The molecule has 0 N–H and O–H groups in total. The Balaban J connectivity index is 2.46. The van der Waals surface area contributed by atoms with Gasteiger partial charge in [0.05, 0.1) is 12.5 Å². The lowest BCUT2D eigenvalue weighted by molar-refractivity contribution is -0.118. The Kier molecular flexibility index (Phi) is 4.34. The van der Waals surface area contributed by atoms with Crippen molar-refractivity contribution in [3.8, 4) is 6.07 Å². The summed E-state index contributed by atoms with van der Waals surface area (Å²) in [6.07, 6.45) is 1.18. The molecule has 0 heterocycles. The van der Waals surface area contributed by atoms with Crippen LogP contribution in [0.5, 0.6) is 0 Å². The third-order valence-electron chi connectivity index (χ3n) is 1.86. The summed E-state index contributed by atoms with van der Waals surface area (Å²) in [5.41, 5.74) is 1.12. The maximum absolute atomic E-state index is 11.1. The van der Waals surface area contributed by atoms with Gasteiger partial charge in [0.15, 0.2) is 0 Å². The first-order chi connectivity index (χ1) is 6.72.